The first-order valence-corrected chi connectivity index (χ1v) is 13.3. The lowest BCUT2D eigenvalue weighted by Gasteiger charge is -2.47. The van der Waals surface area contributed by atoms with E-state index in [1.165, 1.54) is 25.7 Å². The van der Waals surface area contributed by atoms with Crippen molar-refractivity contribution < 1.29 is 9.59 Å². The van der Waals surface area contributed by atoms with Crippen molar-refractivity contribution >= 4 is 17.8 Å². The average Bonchev–Trinajstić information content (AvgIpc) is 3.65. The zero-order valence-electron chi connectivity index (χ0n) is 19.5. The topological polar surface area (TPSA) is 69.6 Å². The van der Waals surface area contributed by atoms with E-state index in [0.717, 1.165) is 64.4 Å². The van der Waals surface area contributed by atoms with Crippen molar-refractivity contribution in [1.82, 2.24) is 19.8 Å². The lowest BCUT2D eigenvalue weighted by Crippen LogP contribution is -2.53. The van der Waals surface area contributed by atoms with Crippen molar-refractivity contribution in [2.75, 3.05) is 44.2 Å². The van der Waals surface area contributed by atoms with Gasteiger partial charge in [0.15, 0.2) is 0 Å². The molecule has 7 rings (SSSR count). The molecule has 4 bridgehead atoms. The number of unbranched alkanes of at least 4 members (excludes halogenated alkanes) is 1. The third-order valence-electron chi connectivity index (χ3n) is 10.6. The van der Waals surface area contributed by atoms with Gasteiger partial charge >= 0.3 is 0 Å². The monoisotopic (exact) mass is 449 g/mol. The third kappa shape index (κ3) is 2.44. The van der Waals surface area contributed by atoms with E-state index in [4.69, 9.17) is 0 Å². The van der Waals surface area contributed by atoms with Crippen LogP contribution in [0.3, 0.4) is 0 Å². The highest BCUT2D eigenvalue weighted by molar-refractivity contribution is 6.12. The summed E-state index contributed by atoms with van der Waals surface area (Å²) in [5, 5.41) is 0. The van der Waals surface area contributed by atoms with Crippen LogP contribution in [0.1, 0.15) is 51.4 Å². The van der Waals surface area contributed by atoms with E-state index in [2.05, 4.69) is 19.8 Å². The Labute approximate surface area is 195 Å². The quantitative estimate of drug-likeness (QED) is 0.491. The van der Waals surface area contributed by atoms with Gasteiger partial charge in [0.05, 0.1) is 10.8 Å². The predicted molar refractivity (Wildman–Crippen MR) is 123 cm³/mol. The molecule has 3 heterocycles. The highest BCUT2D eigenvalue weighted by Crippen LogP contribution is 2.83. The molecule has 2 amide bonds. The van der Waals surface area contributed by atoms with E-state index in [1.54, 1.807) is 17.3 Å². The van der Waals surface area contributed by atoms with Gasteiger partial charge in [0.2, 0.25) is 17.8 Å². The second kappa shape index (κ2) is 7.24. The Kier molecular flexibility index (Phi) is 4.47. The van der Waals surface area contributed by atoms with Crippen LogP contribution in [0.15, 0.2) is 18.5 Å². The summed E-state index contributed by atoms with van der Waals surface area (Å²) in [7, 11) is 0. The summed E-state index contributed by atoms with van der Waals surface area (Å²) in [5.41, 5.74) is -0.572. The Morgan fingerprint density at radius 3 is 1.82 bits per heavy atom. The number of carbonyl (C=O) groups is 2. The minimum absolute atomic E-state index is 0.253. The van der Waals surface area contributed by atoms with E-state index in [1.807, 2.05) is 6.07 Å². The Balaban J connectivity index is 0.968. The lowest BCUT2D eigenvalue weighted by molar-refractivity contribution is -0.148. The number of rotatable bonds is 6. The third-order valence-corrected chi connectivity index (χ3v) is 10.6. The Morgan fingerprint density at radius 2 is 1.27 bits per heavy atom. The summed E-state index contributed by atoms with van der Waals surface area (Å²) < 4.78 is 0. The molecule has 4 unspecified atom stereocenters. The highest BCUT2D eigenvalue weighted by Gasteiger charge is 2.86. The molecule has 4 saturated carbocycles. The zero-order valence-corrected chi connectivity index (χ0v) is 19.5. The molecule has 0 spiro atoms. The van der Waals surface area contributed by atoms with Crippen LogP contribution in [-0.2, 0) is 9.59 Å². The highest BCUT2D eigenvalue weighted by atomic mass is 16.2. The second-order valence-corrected chi connectivity index (χ2v) is 11.5. The lowest BCUT2D eigenvalue weighted by atomic mass is 9.51. The van der Waals surface area contributed by atoms with Crippen LogP contribution < -0.4 is 4.90 Å². The van der Waals surface area contributed by atoms with Gasteiger partial charge in [0, 0.05) is 45.1 Å². The fraction of sp³-hybridized carbons (Fsp3) is 0.769. The van der Waals surface area contributed by atoms with Crippen molar-refractivity contribution in [3.05, 3.63) is 18.5 Å². The smallest absolute Gasteiger partial charge is 0.237 e. The van der Waals surface area contributed by atoms with Gasteiger partial charge in [-0.05, 0) is 87.6 Å². The van der Waals surface area contributed by atoms with Crippen molar-refractivity contribution in [2.24, 2.45) is 34.5 Å². The number of amides is 2. The van der Waals surface area contributed by atoms with E-state index < -0.39 is 0 Å². The molecule has 7 nitrogen and oxygen atoms in total. The molecule has 4 atom stereocenters. The summed E-state index contributed by atoms with van der Waals surface area (Å²) in [6.45, 7) is 5.59. The molecule has 2 aliphatic heterocycles. The minimum Gasteiger partial charge on any atom is -0.338 e. The number of carbonyl (C=O) groups excluding carboxylic acids is 2. The van der Waals surface area contributed by atoms with Gasteiger partial charge in [-0.1, -0.05) is 0 Å². The molecule has 33 heavy (non-hydrogen) atoms. The summed E-state index contributed by atoms with van der Waals surface area (Å²) in [5.74, 6) is 3.29. The summed E-state index contributed by atoms with van der Waals surface area (Å²) >= 11 is 0. The number of hydrogen-bond donors (Lipinski definition) is 0. The molecule has 0 aromatic carbocycles. The molecule has 6 fully saturated rings. The number of anilines is 1. The fourth-order valence-corrected chi connectivity index (χ4v) is 9.66. The summed E-state index contributed by atoms with van der Waals surface area (Å²) in [4.78, 5) is 43.1. The SMILES string of the molecule is O=C1N(CCCCN2CCN(c3ncccn3)CC2)C(=O)C23C4CCC(C4)C12C1CCC3C1. The van der Waals surface area contributed by atoms with E-state index in [-0.39, 0.29) is 22.6 Å². The molecule has 7 heteroatoms. The number of nitrogens with zero attached hydrogens (tertiary/aromatic N) is 5. The van der Waals surface area contributed by atoms with Gasteiger partial charge in [-0.2, -0.15) is 0 Å². The number of likely N-dealkylation sites (tertiary alicyclic amines) is 1. The van der Waals surface area contributed by atoms with Crippen LogP contribution in [0.25, 0.3) is 0 Å². The van der Waals surface area contributed by atoms with Crippen LogP contribution in [-0.4, -0.2) is 70.9 Å². The van der Waals surface area contributed by atoms with Gasteiger partial charge < -0.3 is 4.90 Å². The van der Waals surface area contributed by atoms with E-state index in [9.17, 15) is 9.59 Å². The maximum atomic E-state index is 13.9. The van der Waals surface area contributed by atoms with Crippen LogP contribution in [0.2, 0.25) is 0 Å². The number of fused-ring (bicyclic) bond motifs is 4. The van der Waals surface area contributed by atoms with Gasteiger partial charge in [0.25, 0.3) is 0 Å². The molecule has 0 radical (unpaired) electrons. The molecule has 1 aromatic rings. The zero-order chi connectivity index (χ0) is 22.2. The van der Waals surface area contributed by atoms with Crippen molar-refractivity contribution in [2.45, 2.75) is 51.4 Å². The fourth-order valence-electron chi connectivity index (χ4n) is 9.66. The normalized spacial score (nSPS) is 41.3. The maximum Gasteiger partial charge on any atom is 0.237 e. The van der Waals surface area contributed by atoms with Crippen molar-refractivity contribution in [1.29, 1.82) is 0 Å². The molecular weight excluding hydrogens is 414 g/mol. The van der Waals surface area contributed by atoms with Crippen LogP contribution in [0.5, 0.6) is 0 Å². The predicted octanol–water partition coefficient (Wildman–Crippen LogP) is 2.58. The Morgan fingerprint density at radius 1 is 0.758 bits per heavy atom. The molecule has 1 aromatic heterocycles. The first kappa shape index (κ1) is 20.4. The van der Waals surface area contributed by atoms with Crippen LogP contribution in [0.4, 0.5) is 5.95 Å². The Bertz CT molecular complexity index is 895. The van der Waals surface area contributed by atoms with Crippen LogP contribution >= 0.6 is 0 Å². The molecule has 6 aliphatic rings. The van der Waals surface area contributed by atoms with Gasteiger partial charge in [-0.25, -0.2) is 9.97 Å². The largest absolute Gasteiger partial charge is 0.338 e. The average molecular weight is 450 g/mol. The Hall–Kier alpha value is -2.02. The minimum atomic E-state index is -0.286. The summed E-state index contributed by atoms with van der Waals surface area (Å²) in [6, 6.07) is 1.85. The summed E-state index contributed by atoms with van der Waals surface area (Å²) in [6.07, 6.45) is 12.6. The number of imide groups is 1. The van der Waals surface area contributed by atoms with Crippen molar-refractivity contribution in [3.63, 3.8) is 0 Å². The maximum absolute atomic E-state index is 13.9. The second-order valence-electron chi connectivity index (χ2n) is 11.5. The van der Waals surface area contributed by atoms with Gasteiger partial charge in [-0.15, -0.1) is 0 Å². The van der Waals surface area contributed by atoms with E-state index in [0.29, 0.717) is 30.2 Å². The molecule has 4 aliphatic carbocycles. The molecule has 176 valence electrons. The van der Waals surface area contributed by atoms with Gasteiger partial charge in [0.1, 0.15) is 0 Å². The first-order valence-electron chi connectivity index (χ1n) is 13.3. The van der Waals surface area contributed by atoms with Gasteiger partial charge in [-0.3, -0.25) is 19.4 Å². The number of hydrogen-bond acceptors (Lipinski definition) is 6. The number of aromatic nitrogens is 2. The van der Waals surface area contributed by atoms with Crippen molar-refractivity contribution in [3.8, 4) is 0 Å². The molecule has 0 N–H and O–H groups in total. The van der Waals surface area contributed by atoms with Crippen LogP contribution in [0, 0.1) is 34.5 Å². The number of piperazine rings is 1. The molecule has 2 saturated heterocycles. The first-order chi connectivity index (χ1) is 16.2. The molecular formula is C26H35N5O2. The standard InChI is InChI=1S/C26H35N5O2/c32-22-25-18-4-5-19(16-18)26(25,21-7-6-20(25)17-21)23(33)31(22)11-2-1-10-29-12-14-30(15-13-29)24-27-8-3-9-28-24/h3,8-9,18-21H,1-2,4-7,10-17H2. The van der Waals surface area contributed by atoms with E-state index >= 15 is 0 Å².